The highest BCUT2D eigenvalue weighted by Crippen LogP contribution is 2.29. The van der Waals surface area contributed by atoms with Crippen LogP contribution in [-0.2, 0) is 6.42 Å². The van der Waals surface area contributed by atoms with Crippen molar-refractivity contribution >= 4 is 33.2 Å². The highest BCUT2D eigenvalue weighted by atomic mass is 35.5. The Kier molecular flexibility index (Phi) is 3.93. The largest absolute Gasteiger partial charge is 0.506 e. The van der Waals surface area contributed by atoms with Crippen LogP contribution in [0.4, 0.5) is 0 Å². The third kappa shape index (κ3) is 2.74. The van der Waals surface area contributed by atoms with Crippen LogP contribution >= 0.6 is 22.9 Å². The van der Waals surface area contributed by atoms with Gasteiger partial charge in [0, 0.05) is 5.56 Å². The lowest BCUT2D eigenvalue weighted by Gasteiger charge is -2.05. The molecule has 0 saturated heterocycles. The van der Waals surface area contributed by atoms with Gasteiger partial charge in [-0.2, -0.15) is 0 Å². The molecule has 4 nitrogen and oxygen atoms in total. The number of benzene rings is 1. The maximum absolute atomic E-state index is 12.4. The summed E-state index contributed by atoms with van der Waals surface area (Å²) in [6, 6.07) is 4.75. The van der Waals surface area contributed by atoms with Crippen LogP contribution in [0.25, 0.3) is 21.6 Å². The molecule has 0 aliphatic heterocycles. The average molecular weight is 335 g/mol. The molecule has 0 spiro atoms. The van der Waals surface area contributed by atoms with E-state index in [0.29, 0.717) is 22.7 Å². The van der Waals surface area contributed by atoms with Crippen molar-refractivity contribution in [2.45, 2.75) is 20.3 Å². The van der Waals surface area contributed by atoms with Gasteiger partial charge in [-0.3, -0.25) is 4.79 Å². The summed E-state index contributed by atoms with van der Waals surface area (Å²) in [5.74, 6) is 0.939. The van der Waals surface area contributed by atoms with Crippen molar-refractivity contribution < 1.29 is 5.11 Å². The van der Waals surface area contributed by atoms with Crippen molar-refractivity contribution in [3.8, 4) is 17.1 Å². The van der Waals surface area contributed by atoms with E-state index in [2.05, 4.69) is 23.8 Å². The maximum atomic E-state index is 12.4. The van der Waals surface area contributed by atoms with Crippen LogP contribution in [0.2, 0.25) is 5.02 Å². The number of phenolic OH excluding ortho intramolecular Hbond substituents is 1. The molecule has 0 atom stereocenters. The monoisotopic (exact) mass is 334 g/mol. The minimum Gasteiger partial charge on any atom is -0.506 e. The number of aromatic nitrogens is 2. The smallest absolute Gasteiger partial charge is 0.260 e. The Labute approximate surface area is 136 Å². The summed E-state index contributed by atoms with van der Waals surface area (Å²) in [6.07, 6.45) is 0.856. The molecule has 0 aliphatic rings. The molecule has 6 heteroatoms. The van der Waals surface area contributed by atoms with Gasteiger partial charge >= 0.3 is 0 Å². The van der Waals surface area contributed by atoms with Crippen molar-refractivity contribution in [3.63, 3.8) is 0 Å². The van der Waals surface area contributed by atoms with Gasteiger partial charge in [0.15, 0.2) is 0 Å². The molecule has 0 saturated carbocycles. The van der Waals surface area contributed by atoms with Gasteiger partial charge in [-0.1, -0.05) is 25.4 Å². The molecule has 2 aromatic heterocycles. The molecular weight excluding hydrogens is 320 g/mol. The molecule has 2 N–H and O–H groups in total. The zero-order valence-electron chi connectivity index (χ0n) is 12.2. The molecule has 2 heterocycles. The molecule has 3 rings (SSSR count). The minimum absolute atomic E-state index is 0.00387. The first-order valence-electron chi connectivity index (χ1n) is 6.95. The number of halogens is 1. The highest BCUT2D eigenvalue weighted by molar-refractivity contribution is 7.16. The van der Waals surface area contributed by atoms with Crippen molar-refractivity contribution in [3.05, 3.63) is 44.5 Å². The molecule has 1 aromatic carbocycles. The summed E-state index contributed by atoms with van der Waals surface area (Å²) in [4.78, 5) is 20.5. The first-order chi connectivity index (χ1) is 10.5. The number of nitrogens with one attached hydrogen (secondary N) is 1. The van der Waals surface area contributed by atoms with E-state index in [9.17, 15) is 9.90 Å². The van der Waals surface area contributed by atoms with Crippen LogP contribution in [0.3, 0.4) is 0 Å². The molecule has 0 radical (unpaired) electrons. The number of nitrogens with zero attached hydrogens (tertiary/aromatic N) is 1. The number of fused-ring (bicyclic) bond motifs is 1. The summed E-state index contributed by atoms with van der Waals surface area (Å²) < 4.78 is 0. The lowest BCUT2D eigenvalue weighted by molar-refractivity contribution is 0.475. The van der Waals surface area contributed by atoms with E-state index >= 15 is 0 Å². The van der Waals surface area contributed by atoms with Crippen LogP contribution < -0.4 is 5.56 Å². The van der Waals surface area contributed by atoms with Gasteiger partial charge in [0.05, 0.1) is 10.4 Å². The molecule has 22 heavy (non-hydrogen) atoms. The lowest BCUT2D eigenvalue weighted by Crippen LogP contribution is -2.10. The van der Waals surface area contributed by atoms with Gasteiger partial charge in [-0.05, 0) is 41.5 Å². The second-order valence-electron chi connectivity index (χ2n) is 5.62. The Bertz CT molecular complexity index is 899. The van der Waals surface area contributed by atoms with E-state index in [4.69, 9.17) is 11.6 Å². The summed E-state index contributed by atoms with van der Waals surface area (Å²) in [7, 11) is 0. The number of H-pyrrole nitrogens is 1. The Hall–Kier alpha value is -1.85. The molecule has 0 bridgehead atoms. The topological polar surface area (TPSA) is 66.0 Å². The molecule has 0 aliphatic carbocycles. The van der Waals surface area contributed by atoms with Gasteiger partial charge in [0.25, 0.3) is 5.56 Å². The number of aromatic hydroxyl groups is 1. The Morgan fingerprint density at radius 1 is 1.41 bits per heavy atom. The fraction of sp³-hybridized carbons (Fsp3) is 0.250. The normalized spacial score (nSPS) is 11.5. The number of hydrogen-bond donors (Lipinski definition) is 2. The summed E-state index contributed by atoms with van der Waals surface area (Å²) in [5, 5.41) is 12.4. The van der Waals surface area contributed by atoms with E-state index < -0.39 is 0 Å². The van der Waals surface area contributed by atoms with E-state index in [1.807, 2.05) is 5.38 Å². The molecule has 0 amide bonds. The quantitative estimate of drug-likeness (QED) is 0.754. The molecule has 114 valence electrons. The summed E-state index contributed by atoms with van der Waals surface area (Å²) in [6.45, 7) is 4.25. The van der Waals surface area contributed by atoms with Crippen LogP contribution in [-0.4, -0.2) is 15.1 Å². The van der Waals surface area contributed by atoms with Gasteiger partial charge in [0.2, 0.25) is 0 Å². The zero-order valence-corrected chi connectivity index (χ0v) is 13.8. The summed E-state index contributed by atoms with van der Waals surface area (Å²) >= 11 is 7.39. The number of rotatable bonds is 3. The van der Waals surface area contributed by atoms with Crippen LogP contribution in [0.1, 0.15) is 19.4 Å². The van der Waals surface area contributed by atoms with Gasteiger partial charge in [-0.15, -0.1) is 11.3 Å². The Balaban J connectivity index is 2.14. The van der Waals surface area contributed by atoms with Crippen molar-refractivity contribution in [2.75, 3.05) is 0 Å². The van der Waals surface area contributed by atoms with Crippen molar-refractivity contribution in [1.29, 1.82) is 0 Å². The van der Waals surface area contributed by atoms with Crippen LogP contribution in [0.15, 0.2) is 28.4 Å². The van der Waals surface area contributed by atoms with E-state index in [-0.39, 0.29) is 16.3 Å². The van der Waals surface area contributed by atoms with Crippen molar-refractivity contribution in [2.24, 2.45) is 5.92 Å². The van der Waals surface area contributed by atoms with Crippen LogP contribution in [0, 0.1) is 5.92 Å². The fourth-order valence-corrected chi connectivity index (χ4v) is 3.52. The Morgan fingerprint density at radius 2 is 2.18 bits per heavy atom. The number of hydrogen-bond acceptors (Lipinski definition) is 4. The lowest BCUT2D eigenvalue weighted by atomic mass is 10.0. The van der Waals surface area contributed by atoms with Gasteiger partial charge in [0.1, 0.15) is 16.4 Å². The van der Waals surface area contributed by atoms with Gasteiger partial charge in [-0.25, -0.2) is 4.98 Å². The van der Waals surface area contributed by atoms with E-state index in [1.54, 1.807) is 12.1 Å². The molecule has 3 aromatic rings. The molecule has 0 fully saturated rings. The second kappa shape index (κ2) is 5.74. The predicted molar refractivity (Wildman–Crippen MR) is 90.9 cm³/mol. The SMILES string of the molecule is CC(C)Cc1csc2nc(-c3ccc(O)c(Cl)c3)[nH]c(=O)c12. The van der Waals surface area contributed by atoms with Crippen LogP contribution in [0.5, 0.6) is 5.75 Å². The zero-order chi connectivity index (χ0) is 15.9. The molecular formula is C16H15ClN2O2S. The highest BCUT2D eigenvalue weighted by Gasteiger charge is 2.13. The van der Waals surface area contributed by atoms with E-state index in [1.165, 1.54) is 17.4 Å². The third-order valence-electron chi connectivity index (χ3n) is 3.37. The predicted octanol–water partition coefficient (Wildman–Crippen LogP) is 4.21. The second-order valence-corrected chi connectivity index (χ2v) is 6.89. The fourth-order valence-electron chi connectivity index (χ4n) is 2.39. The van der Waals surface area contributed by atoms with Crippen molar-refractivity contribution in [1.82, 2.24) is 9.97 Å². The Morgan fingerprint density at radius 3 is 2.86 bits per heavy atom. The van der Waals surface area contributed by atoms with Gasteiger partial charge < -0.3 is 10.1 Å². The number of aromatic amines is 1. The first-order valence-corrected chi connectivity index (χ1v) is 8.20. The summed E-state index contributed by atoms with van der Waals surface area (Å²) in [5.41, 5.74) is 1.57. The average Bonchev–Trinajstić information content (AvgIpc) is 2.84. The maximum Gasteiger partial charge on any atom is 0.260 e. The minimum atomic E-state index is -0.138. The van der Waals surface area contributed by atoms with E-state index in [0.717, 1.165) is 16.8 Å². The molecule has 0 unspecified atom stereocenters. The standard InChI is InChI=1S/C16H15ClN2O2S/c1-8(2)5-10-7-22-16-13(10)15(21)18-14(19-16)9-3-4-12(20)11(17)6-9/h3-4,6-8,20H,5H2,1-2H3,(H,18,19,21). The first kappa shape index (κ1) is 15.1. The third-order valence-corrected chi connectivity index (χ3v) is 4.59. The number of thiophene rings is 1. The number of phenols is 1.